The Labute approximate surface area is 295 Å². The predicted octanol–water partition coefficient (Wildman–Crippen LogP) is 4.24. The molecule has 3 heterocycles. The number of nitrogens with zero attached hydrogens (tertiary/aromatic N) is 2. The van der Waals surface area contributed by atoms with Crippen LogP contribution >= 0.6 is 0 Å². The van der Waals surface area contributed by atoms with E-state index in [1.54, 1.807) is 27.4 Å². The van der Waals surface area contributed by atoms with Gasteiger partial charge >= 0.3 is 5.97 Å². The monoisotopic (exact) mass is 695 g/mol. The molecule has 3 aliphatic carbocycles. The van der Waals surface area contributed by atoms with Gasteiger partial charge in [0.25, 0.3) is 5.91 Å². The molecule has 1 N–H and O–H groups in total. The zero-order valence-corrected chi connectivity index (χ0v) is 30.1. The van der Waals surface area contributed by atoms with Gasteiger partial charge in [-0.25, -0.2) is 9.97 Å². The number of ether oxygens (including phenoxy) is 6. The number of nitrogens with one attached hydrogen (secondary N) is 1. The van der Waals surface area contributed by atoms with Gasteiger partial charge in [-0.15, -0.1) is 0 Å². The molecule has 1 aromatic rings. The van der Waals surface area contributed by atoms with Crippen molar-refractivity contribution >= 4 is 17.7 Å². The molecule has 0 aromatic carbocycles. The molecule has 12 nitrogen and oxygen atoms in total. The summed E-state index contributed by atoms with van der Waals surface area (Å²) in [5.41, 5.74) is 0.928. The summed E-state index contributed by atoms with van der Waals surface area (Å²) in [5.74, 6) is -0.876. The quantitative estimate of drug-likeness (QED) is 0.308. The van der Waals surface area contributed by atoms with Crippen molar-refractivity contribution in [2.45, 2.75) is 115 Å². The molecule has 274 valence electrons. The Morgan fingerprint density at radius 1 is 1.00 bits per heavy atom. The molecule has 14 atom stereocenters. The van der Waals surface area contributed by atoms with Crippen LogP contribution in [-0.4, -0.2) is 97.9 Å². The Kier molecular flexibility index (Phi) is 11.8. The Hall–Kier alpha value is -3.03. The second-order valence-corrected chi connectivity index (χ2v) is 14.6. The molecular weight excluding hydrogens is 642 g/mol. The number of Topliss-reactive ketones (excluding diaryl/α,β-unsaturated/α-hetero) is 1. The number of carbonyl (C=O) groups is 3. The number of hydrogen-bond acceptors (Lipinski definition) is 11. The van der Waals surface area contributed by atoms with Crippen LogP contribution in [0.5, 0.6) is 0 Å². The van der Waals surface area contributed by atoms with Crippen molar-refractivity contribution in [2.24, 2.45) is 35.5 Å². The van der Waals surface area contributed by atoms with Gasteiger partial charge in [0, 0.05) is 45.4 Å². The second kappa shape index (κ2) is 16.1. The van der Waals surface area contributed by atoms with Crippen LogP contribution in [0.1, 0.15) is 76.2 Å². The molecule has 5 aliphatic rings. The van der Waals surface area contributed by atoms with Crippen LogP contribution in [0, 0.1) is 35.5 Å². The first-order valence-corrected chi connectivity index (χ1v) is 18.3. The molecule has 0 bridgehead atoms. The normalized spacial score (nSPS) is 40.4. The van der Waals surface area contributed by atoms with Crippen LogP contribution < -0.4 is 5.32 Å². The number of aromatic nitrogens is 2. The van der Waals surface area contributed by atoms with Crippen molar-refractivity contribution in [1.29, 1.82) is 0 Å². The van der Waals surface area contributed by atoms with Crippen molar-refractivity contribution in [3.05, 3.63) is 48.1 Å². The summed E-state index contributed by atoms with van der Waals surface area (Å²) in [6.45, 7) is 5.86. The molecule has 12 heteroatoms. The largest absolute Gasteiger partial charge is 0.462 e. The second-order valence-electron chi connectivity index (χ2n) is 14.6. The van der Waals surface area contributed by atoms with Crippen LogP contribution in [-0.2, 0) is 38.0 Å². The van der Waals surface area contributed by atoms with E-state index in [1.165, 1.54) is 12.5 Å². The lowest BCUT2D eigenvalue weighted by Crippen LogP contribution is -2.59. The SMILES string of the molecule is CCC1CCCC(NC(=O)c2ccncn2)C(C)C(=O)C2=CC3C(C=CC4CC(OC5OC(C)C(OC)C(OC)C5OC)CC43)C2CC(=O)O1. The van der Waals surface area contributed by atoms with Gasteiger partial charge in [-0.2, -0.15) is 0 Å². The van der Waals surface area contributed by atoms with E-state index in [2.05, 4.69) is 33.5 Å². The van der Waals surface area contributed by atoms with Crippen molar-refractivity contribution in [1.82, 2.24) is 15.3 Å². The molecule has 0 radical (unpaired) electrons. The van der Waals surface area contributed by atoms with E-state index in [4.69, 9.17) is 28.4 Å². The van der Waals surface area contributed by atoms with Crippen LogP contribution in [0.15, 0.2) is 42.4 Å². The van der Waals surface area contributed by atoms with Crippen molar-refractivity contribution < 1.29 is 42.8 Å². The maximum Gasteiger partial charge on any atom is 0.306 e. The highest BCUT2D eigenvalue weighted by Crippen LogP contribution is 2.54. The number of ketones is 1. The molecule has 2 aliphatic heterocycles. The Morgan fingerprint density at radius 3 is 2.48 bits per heavy atom. The maximum absolute atomic E-state index is 14.5. The van der Waals surface area contributed by atoms with Gasteiger partial charge in [-0.3, -0.25) is 14.4 Å². The van der Waals surface area contributed by atoms with Gasteiger partial charge in [-0.1, -0.05) is 32.1 Å². The fourth-order valence-electron chi connectivity index (χ4n) is 9.20. The number of methoxy groups -OCH3 is 3. The molecule has 1 aromatic heterocycles. The summed E-state index contributed by atoms with van der Waals surface area (Å²) in [6.07, 6.45) is 11.6. The van der Waals surface area contributed by atoms with Gasteiger partial charge < -0.3 is 33.7 Å². The van der Waals surface area contributed by atoms with E-state index >= 15 is 0 Å². The van der Waals surface area contributed by atoms with Crippen LogP contribution in [0.25, 0.3) is 0 Å². The van der Waals surface area contributed by atoms with Crippen LogP contribution in [0.3, 0.4) is 0 Å². The molecule has 6 rings (SSSR count). The Morgan fingerprint density at radius 2 is 1.78 bits per heavy atom. The molecule has 2 saturated heterocycles. The van der Waals surface area contributed by atoms with Gasteiger partial charge in [0.1, 0.15) is 36.4 Å². The first kappa shape index (κ1) is 36.8. The van der Waals surface area contributed by atoms with E-state index < -0.39 is 24.4 Å². The zero-order valence-electron chi connectivity index (χ0n) is 30.1. The number of hydrogen-bond donors (Lipinski definition) is 1. The maximum atomic E-state index is 14.5. The summed E-state index contributed by atoms with van der Waals surface area (Å²) in [4.78, 5) is 49.1. The molecule has 50 heavy (non-hydrogen) atoms. The van der Waals surface area contributed by atoms with E-state index in [1.807, 2.05) is 20.8 Å². The fourth-order valence-corrected chi connectivity index (χ4v) is 9.20. The smallest absolute Gasteiger partial charge is 0.306 e. The van der Waals surface area contributed by atoms with Gasteiger partial charge in [0.15, 0.2) is 12.1 Å². The fraction of sp³-hybridized carbons (Fsp3) is 0.711. The van der Waals surface area contributed by atoms with Crippen LogP contribution in [0.4, 0.5) is 0 Å². The first-order valence-electron chi connectivity index (χ1n) is 18.3. The third-order valence-corrected chi connectivity index (χ3v) is 11.9. The lowest BCUT2D eigenvalue weighted by molar-refractivity contribution is -0.314. The number of rotatable bonds is 8. The van der Waals surface area contributed by atoms with Gasteiger partial charge in [0.2, 0.25) is 0 Å². The number of allylic oxidation sites excluding steroid dienone is 4. The minimum Gasteiger partial charge on any atom is -0.462 e. The minimum absolute atomic E-state index is 0.0104. The molecule has 3 fully saturated rings. The van der Waals surface area contributed by atoms with Crippen molar-refractivity contribution in [2.75, 3.05) is 21.3 Å². The third kappa shape index (κ3) is 7.46. The predicted molar refractivity (Wildman–Crippen MR) is 182 cm³/mol. The summed E-state index contributed by atoms with van der Waals surface area (Å²) >= 11 is 0. The summed E-state index contributed by atoms with van der Waals surface area (Å²) < 4.78 is 36.2. The Bertz CT molecular complexity index is 1420. The Balaban J connectivity index is 1.23. The summed E-state index contributed by atoms with van der Waals surface area (Å²) in [6, 6.07) is 1.16. The molecule has 0 spiro atoms. The highest BCUT2D eigenvalue weighted by molar-refractivity contribution is 6.00. The number of carbonyl (C=O) groups excluding carboxylic acids is 3. The summed E-state index contributed by atoms with van der Waals surface area (Å²) in [5, 5.41) is 3.10. The standard InChI is InChI=1S/C38H53N3O9/c1-7-23-9-8-10-30(41-37(44)31-13-14-39-19-40-31)20(2)33(43)29-17-27-25(28(29)18-32(42)49-23)12-11-22-15-24(16-26(22)27)50-38-36(47-6)35(46-5)34(45-4)21(3)48-38/h11-14,17,19-28,30,34-36,38H,7-10,15-16,18H2,1-6H3,(H,41,44). The van der Waals surface area contributed by atoms with Crippen molar-refractivity contribution in [3.63, 3.8) is 0 Å². The van der Waals surface area contributed by atoms with Gasteiger partial charge in [0.05, 0.1) is 18.6 Å². The average Bonchev–Trinajstić information content (AvgIpc) is 3.70. The van der Waals surface area contributed by atoms with E-state index in [0.29, 0.717) is 31.3 Å². The molecule has 1 amide bonds. The van der Waals surface area contributed by atoms with Gasteiger partial charge in [-0.05, 0) is 80.8 Å². The minimum atomic E-state index is -0.619. The van der Waals surface area contributed by atoms with Crippen LogP contribution in [0.2, 0.25) is 0 Å². The lowest BCUT2D eigenvalue weighted by atomic mass is 9.70. The lowest BCUT2D eigenvalue weighted by Gasteiger charge is -2.44. The number of cyclic esters (lactones) is 1. The highest BCUT2D eigenvalue weighted by atomic mass is 16.7. The molecular formula is C38H53N3O9. The average molecular weight is 696 g/mol. The highest BCUT2D eigenvalue weighted by Gasteiger charge is 2.52. The topological polar surface area (TPSA) is 144 Å². The van der Waals surface area contributed by atoms with E-state index in [9.17, 15) is 14.4 Å². The zero-order chi connectivity index (χ0) is 35.5. The van der Waals surface area contributed by atoms with E-state index in [-0.39, 0.29) is 89.9 Å². The number of esters is 1. The molecule has 1 saturated carbocycles. The molecule has 14 unspecified atom stereocenters. The number of fused-ring (bicyclic) bond motifs is 5. The number of amides is 1. The van der Waals surface area contributed by atoms with E-state index in [0.717, 1.165) is 12.8 Å². The van der Waals surface area contributed by atoms with Crippen molar-refractivity contribution in [3.8, 4) is 0 Å². The summed E-state index contributed by atoms with van der Waals surface area (Å²) in [7, 11) is 4.92. The first-order chi connectivity index (χ1) is 24.2. The third-order valence-electron chi connectivity index (χ3n) is 11.9.